The topological polar surface area (TPSA) is 93.1 Å². The van der Waals surface area contributed by atoms with E-state index in [4.69, 9.17) is 9.47 Å². The van der Waals surface area contributed by atoms with Gasteiger partial charge in [0.05, 0.1) is 25.3 Å². The predicted octanol–water partition coefficient (Wildman–Crippen LogP) is 4.64. The molecule has 6 nitrogen and oxygen atoms in total. The Morgan fingerprint density at radius 3 is 1.40 bits per heavy atom. The molecule has 0 heterocycles. The van der Waals surface area contributed by atoms with Crippen molar-refractivity contribution in [1.82, 2.24) is 0 Å². The van der Waals surface area contributed by atoms with Gasteiger partial charge in [0.2, 0.25) is 0 Å². The van der Waals surface area contributed by atoms with Crippen LogP contribution in [0.25, 0.3) is 32.7 Å². The van der Waals surface area contributed by atoms with Crippen molar-refractivity contribution in [3.8, 4) is 22.6 Å². The molecule has 0 atom stereocenters. The summed E-state index contributed by atoms with van der Waals surface area (Å²) in [6.45, 7) is 0. The van der Waals surface area contributed by atoms with Gasteiger partial charge in [-0.05, 0) is 57.9 Å². The number of ether oxygens (including phenoxy) is 2. The SMILES string of the molecule is COC(=O)c1ccc2c(-c3c(O)ccc4cc(C(=O)OC)ccc34)c(O)ccc2c1. The normalized spacial score (nSPS) is 10.9. The molecule has 0 unspecified atom stereocenters. The number of benzene rings is 4. The average molecular weight is 402 g/mol. The molecular weight excluding hydrogens is 384 g/mol. The molecule has 4 aromatic rings. The van der Waals surface area contributed by atoms with Crippen molar-refractivity contribution < 1.29 is 29.3 Å². The Morgan fingerprint density at radius 1 is 0.633 bits per heavy atom. The third kappa shape index (κ3) is 3.08. The number of fused-ring (bicyclic) bond motifs is 2. The van der Waals surface area contributed by atoms with E-state index in [2.05, 4.69) is 0 Å². The van der Waals surface area contributed by atoms with Gasteiger partial charge >= 0.3 is 11.9 Å². The number of phenolic OH excluding ortho intramolecular Hbond substituents is 2. The molecule has 2 N–H and O–H groups in total. The molecule has 150 valence electrons. The summed E-state index contributed by atoms with van der Waals surface area (Å²) in [5.74, 6) is -0.967. The quantitative estimate of drug-likeness (QED) is 0.485. The monoisotopic (exact) mass is 402 g/mol. The molecule has 0 spiro atoms. The van der Waals surface area contributed by atoms with Crippen LogP contribution in [0.5, 0.6) is 11.5 Å². The van der Waals surface area contributed by atoms with E-state index < -0.39 is 11.9 Å². The first-order valence-corrected chi connectivity index (χ1v) is 9.13. The smallest absolute Gasteiger partial charge is 0.337 e. The minimum Gasteiger partial charge on any atom is -0.507 e. The zero-order chi connectivity index (χ0) is 21.4. The summed E-state index contributed by atoms with van der Waals surface area (Å²) in [4.78, 5) is 23.7. The van der Waals surface area contributed by atoms with Gasteiger partial charge in [-0.3, -0.25) is 0 Å². The second-order valence-corrected chi connectivity index (χ2v) is 6.77. The lowest BCUT2D eigenvalue weighted by atomic mass is 9.91. The van der Waals surface area contributed by atoms with Crippen LogP contribution in [0.1, 0.15) is 20.7 Å². The van der Waals surface area contributed by atoms with Gasteiger partial charge in [0.15, 0.2) is 0 Å². The lowest BCUT2D eigenvalue weighted by molar-refractivity contribution is 0.0592. The minimum atomic E-state index is -0.463. The van der Waals surface area contributed by atoms with Gasteiger partial charge in [0.1, 0.15) is 11.5 Å². The number of carbonyl (C=O) groups excluding carboxylic acids is 2. The molecular formula is C24H18O6. The Balaban J connectivity index is 2.01. The van der Waals surface area contributed by atoms with E-state index in [9.17, 15) is 19.8 Å². The molecule has 0 bridgehead atoms. The molecule has 0 fully saturated rings. The Morgan fingerprint density at radius 2 is 1.03 bits per heavy atom. The Hall–Kier alpha value is -4.06. The van der Waals surface area contributed by atoms with Crippen molar-refractivity contribution in [2.45, 2.75) is 0 Å². The van der Waals surface area contributed by atoms with E-state index >= 15 is 0 Å². The molecule has 0 amide bonds. The van der Waals surface area contributed by atoms with Crippen LogP contribution in [0.4, 0.5) is 0 Å². The summed E-state index contributed by atoms with van der Waals surface area (Å²) in [5.41, 5.74) is 1.62. The number of carbonyl (C=O) groups is 2. The molecule has 0 aliphatic rings. The number of esters is 2. The van der Waals surface area contributed by atoms with Gasteiger partial charge in [0, 0.05) is 11.1 Å². The van der Waals surface area contributed by atoms with E-state index in [1.807, 2.05) is 0 Å². The molecule has 0 radical (unpaired) electrons. The maximum absolute atomic E-state index is 11.9. The summed E-state index contributed by atoms with van der Waals surface area (Å²) in [6, 6.07) is 16.4. The predicted molar refractivity (Wildman–Crippen MR) is 113 cm³/mol. The first kappa shape index (κ1) is 19.3. The summed E-state index contributed by atoms with van der Waals surface area (Å²) >= 11 is 0. The summed E-state index contributed by atoms with van der Waals surface area (Å²) in [5, 5.41) is 24.1. The summed E-state index contributed by atoms with van der Waals surface area (Å²) < 4.78 is 9.55. The Kier molecular flexibility index (Phi) is 4.75. The molecule has 0 saturated heterocycles. The fourth-order valence-corrected chi connectivity index (χ4v) is 3.65. The highest BCUT2D eigenvalue weighted by atomic mass is 16.5. The minimum absolute atomic E-state index is 0.0202. The second kappa shape index (κ2) is 7.40. The Bertz CT molecular complexity index is 1220. The average Bonchev–Trinajstić information content (AvgIpc) is 2.78. The third-order valence-corrected chi connectivity index (χ3v) is 5.09. The van der Waals surface area contributed by atoms with Gasteiger partial charge in [0.25, 0.3) is 0 Å². The molecule has 4 aromatic carbocycles. The number of hydrogen-bond acceptors (Lipinski definition) is 6. The van der Waals surface area contributed by atoms with E-state index in [1.165, 1.54) is 26.4 Å². The molecule has 0 aromatic heterocycles. The highest BCUT2D eigenvalue weighted by Crippen LogP contribution is 2.44. The van der Waals surface area contributed by atoms with Crippen molar-refractivity contribution in [2.24, 2.45) is 0 Å². The number of rotatable bonds is 3. The van der Waals surface area contributed by atoms with Crippen LogP contribution >= 0.6 is 0 Å². The number of methoxy groups -OCH3 is 2. The van der Waals surface area contributed by atoms with E-state index in [-0.39, 0.29) is 11.5 Å². The van der Waals surface area contributed by atoms with Crippen molar-refractivity contribution in [2.75, 3.05) is 14.2 Å². The number of hydrogen-bond donors (Lipinski definition) is 2. The standard InChI is InChI=1S/C24H18O6/c1-29-23(27)15-3-7-17-13(11-15)5-9-19(25)21(17)22-18-8-4-16(24(28)30-2)12-14(18)6-10-20(22)26/h3-12,25-26H,1-2H3. The van der Waals surface area contributed by atoms with Crippen LogP contribution in [0.3, 0.4) is 0 Å². The van der Waals surface area contributed by atoms with Crippen molar-refractivity contribution in [3.05, 3.63) is 71.8 Å². The van der Waals surface area contributed by atoms with Crippen LogP contribution in [0, 0.1) is 0 Å². The van der Waals surface area contributed by atoms with Gasteiger partial charge < -0.3 is 19.7 Å². The highest BCUT2D eigenvalue weighted by molar-refractivity contribution is 6.11. The van der Waals surface area contributed by atoms with Crippen molar-refractivity contribution >= 4 is 33.5 Å². The molecule has 6 heteroatoms. The second-order valence-electron chi connectivity index (χ2n) is 6.77. The van der Waals surface area contributed by atoms with Crippen LogP contribution in [-0.2, 0) is 9.47 Å². The molecule has 0 saturated carbocycles. The fourth-order valence-electron chi connectivity index (χ4n) is 3.65. The number of phenols is 2. The maximum atomic E-state index is 11.9. The zero-order valence-electron chi connectivity index (χ0n) is 16.3. The van der Waals surface area contributed by atoms with Gasteiger partial charge in [-0.2, -0.15) is 0 Å². The zero-order valence-corrected chi connectivity index (χ0v) is 16.3. The maximum Gasteiger partial charge on any atom is 0.337 e. The van der Waals surface area contributed by atoms with E-state index in [0.29, 0.717) is 43.8 Å². The van der Waals surface area contributed by atoms with Crippen LogP contribution in [0.2, 0.25) is 0 Å². The molecule has 4 rings (SSSR count). The van der Waals surface area contributed by atoms with E-state index in [0.717, 1.165) is 0 Å². The lowest BCUT2D eigenvalue weighted by Gasteiger charge is -2.15. The molecule has 0 aliphatic carbocycles. The van der Waals surface area contributed by atoms with Gasteiger partial charge in [-0.25, -0.2) is 9.59 Å². The fraction of sp³-hybridized carbons (Fsp3) is 0.0833. The molecule has 30 heavy (non-hydrogen) atoms. The lowest BCUT2D eigenvalue weighted by Crippen LogP contribution is -2.01. The number of aromatic hydroxyl groups is 2. The summed E-state index contributed by atoms with van der Waals surface area (Å²) in [6.07, 6.45) is 0. The van der Waals surface area contributed by atoms with Crippen LogP contribution < -0.4 is 0 Å². The van der Waals surface area contributed by atoms with Gasteiger partial charge in [-0.1, -0.05) is 24.3 Å². The van der Waals surface area contributed by atoms with Crippen molar-refractivity contribution in [3.63, 3.8) is 0 Å². The summed E-state index contributed by atoms with van der Waals surface area (Å²) in [7, 11) is 2.62. The first-order valence-electron chi connectivity index (χ1n) is 9.13. The molecule has 0 aliphatic heterocycles. The van der Waals surface area contributed by atoms with Gasteiger partial charge in [-0.15, -0.1) is 0 Å². The highest BCUT2D eigenvalue weighted by Gasteiger charge is 2.18. The van der Waals surface area contributed by atoms with Crippen LogP contribution in [-0.4, -0.2) is 36.4 Å². The van der Waals surface area contributed by atoms with Crippen LogP contribution in [0.15, 0.2) is 60.7 Å². The third-order valence-electron chi connectivity index (χ3n) is 5.09. The van der Waals surface area contributed by atoms with Crippen molar-refractivity contribution in [1.29, 1.82) is 0 Å². The first-order chi connectivity index (χ1) is 14.4. The largest absolute Gasteiger partial charge is 0.507 e. The van der Waals surface area contributed by atoms with E-state index in [1.54, 1.807) is 48.5 Å². The Labute approximate surface area is 171 Å².